The first-order valence-electron chi connectivity index (χ1n) is 6.35. The molecule has 0 saturated carbocycles. The molecule has 0 aliphatic heterocycles. The van der Waals surface area contributed by atoms with Gasteiger partial charge in [-0.25, -0.2) is 4.79 Å². The molecule has 2 amide bonds. The van der Waals surface area contributed by atoms with E-state index in [1.807, 2.05) is 35.6 Å². The van der Waals surface area contributed by atoms with Crippen molar-refractivity contribution in [3.8, 4) is 0 Å². The Kier molecular flexibility index (Phi) is 6.50. The second kappa shape index (κ2) is 8.39. The predicted molar refractivity (Wildman–Crippen MR) is 73.2 cm³/mol. The first-order valence-corrected chi connectivity index (χ1v) is 6.35. The van der Waals surface area contributed by atoms with Crippen LogP contribution < -0.4 is 5.32 Å². The number of imide groups is 1. The Balaban J connectivity index is 2.52. The van der Waals surface area contributed by atoms with E-state index in [1.165, 1.54) is 6.92 Å². The quantitative estimate of drug-likeness (QED) is 0.270. The molecule has 0 radical (unpaired) electrons. The molecule has 0 fully saturated rings. The van der Waals surface area contributed by atoms with Crippen LogP contribution in [0.25, 0.3) is 5.53 Å². The summed E-state index contributed by atoms with van der Waals surface area (Å²) in [5, 5.41) is 1.97. The largest absolute Gasteiger partial charge is 0.463 e. The number of nitrogens with one attached hydrogen (secondary N) is 1. The number of benzene rings is 1. The summed E-state index contributed by atoms with van der Waals surface area (Å²) in [6.07, 6.45) is 0.516. The molecule has 7 nitrogen and oxygen atoms in total. The Morgan fingerprint density at radius 3 is 2.48 bits per heavy atom. The van der Waals surface area contributed by atoms with Crippen LogP contribution in [0.2, 0.25) is 0 Å². The zero-order chi connectivity index (χ0) is 15.7. The molecular formula is C14H15N3O4. The molecule has 110 valence electrons. The minimum absolute atomic E-state index is 0.0209. The fourth-order valence-corrected chi connectivity index (χ4v) is 1.53. The van der Waals surface area contributed by atoms with Gasteiger partial charge in [0.05, 0.1) is 6.61 Å². The lowest BCUT2D eigenvalue weighted by atomic mass is 10.1. The van der Waals surface area contributed by atoms with Gasteiger partial charge in [0.15, 0.2) is 0 Å². The molecule has 0 aliphatic carbocycles. The third-order valence-corrected chi connectivity index (χ3v) is 2.52. The van der Waals surface area contributed by atoms with Gasteiger partial charge in [-0.2, -0.15) is 4.79 Å². The zero-order valence-electron chi connectivity index (χ0n) is 11.5. The summed E-state index contributed by atoms with van der Waals surface area (Å²) in [6.45, 7) is 1.56. The molecule has 0 heterocycles. The maximum atomic E-state index is 11.6. The number of carbonyl (C=O) groups is 3. The summed E-state index contributed by atoms with van der Waals surface area (Å²) >= 11 is 0. The predicted octanol–water partition coefficient (Wildman–Crippen LogP) is 0.496. The van der Waals surface area contributed by atoms with E-state index in [1.54, 1.807) is 0 Å². The minimum Gasteiger partial charge on any atom is -0.457 e. The molecule has 0 aliphatic rings. The number of nitrogens with zero attached hydrogens (tertiary/aromatic N) is 2. The standard InChI is InChI=1S/C14H15N3O4/c1-2-21-14(20)12(17-15)13(19)16-11(18)9-8-10-6-4-3-5-7-10/h3-7H,2,8-9H2,1H3,(H,16,18,19). The van der Waals surface area contributed by atoms with Crippen LogP contribution in [0.15, 0.2) is 30.3 Å². The lowest BCUT2D eigenvalue weighted by molar-refractivity contribution is -0.142. The van der Waals surface area contributed by atoms with Crippen molar-refractivity contribution < 1.29 is 23.9 Å². The molecular weight excluding hydrogens is 274 g/mol. The second-order valence-electron chi connectivity index (χ2n) is 4.03. The van der Waals surface area contributed by atoms with Crippen LogP contribution in [-0.4, -0.2) is 34.9 Å². The monoisotopic (exact) mass is 289 g/mol. The number of esters is 1. The van der Waals surface area contributed by atoms with E-state index in [0.29, 0.717) is 6.42 Å². The first kappa shape index (κ1) is 16.3. The van der Waals surface area contributed by atoms with Crippen LogP contribution in [0.4, 0.5) is 0 Å². The smallest absolute Gasteiger partial charge is 0.457 e. The first-order chi connectivity index (χ1) is 10.1. The van der Waals surface area contributed by atoms with E-state index in [0.717, 1.165) is 5.56 Å². The van der Waals surface area contributed by atoms with Crippen molar-refractivity contribution in [1.82, 2.24) is 5.32 Å². The topological polar surface area (TPSA) is 109 Å². The Morgan fingerprint density at radius 1 is 1.24 bits per heavy atom. The summed E-state index contributed by atoms with van der Waals surface area (Å²) in [5.74, 6) is -2.75. The molecule has 1 aromatic rings. The van der Waals surface area contributed by atoms with Crippen molar-refractivity contribution in [3.63, 3.8) is 0 Å². The highest BCUT2D eigenvalue weighted by molar-refractivity contribution is 6.62. The van der Waals surface area contributed by atoms with Gasteiger partial charge >= 0.3 is 17.6 Å². The molecule has 0 atom stereocenters. The summed E-state index contributed by atoms with van der Waals surface area (Å²) < 4.78 is 4.53. The van der Waals surface area contributed by atoms with Crippen molar-refractivity contribution in [1.29, 1.82) is 0 Å². The molecule has 0 aromatic heterocycles. The van der Waals surface area contributed by atoms with Gasteiger partial charge < -0.3 is 10.3 Å². The molecule has 0 bridgehead atoms. The Hall–Kier alpha value is -2.79. The van der Waals surface area contributed by atoms with Crippen molar-refractivity contribution in [2.45, 2.75) is 19.8 Å². The molecule has 21 heavy (non-hydrogen) atoms. The van der Waals surface area contributed by atoms with Crippen LogP contribution in [-0.2, 0) is 25.5 Å². The van der Waals surface area contributed by atoms with Crippen LogP contribution in [0, 0.1) is 0 Å². The lowest BCUT2D eigenvalue weighted by Gasteiger charge is -2.02. The highest BCUT2D eigenvalue weighted by Crippen LogP contribution is 2.02. The van der Waals surface area contributed by atoms with Crippen molar-refractivity contribution in [2.24, 2.45) is 0 Å². The number of amides is 2. The molecule has 0 spiro atoms. The van der Waals surface area contributed by atoms with Crippen molar-refractivity contribution >= 4 is 23.5 Å². The lowest BCUT2D eigenvalue weighted by Crippen LogP contribution is -2.41. The Morgan fingerprint density at radius 2 is 1.90 bits per heavy atom. The van der Waals surface area contributed by atoms with E-state index in [4.69, 9.17) is 5.53 Å². The van der Waals surface area contributed by atoms with Gasteiger partial charge in [0.1, 0.15) is 0 Å². The molecule has 1 N–H and O–H groups in total. The summed E-state index contributed by atoms with van der Waals surface area (Å²) in [7, 11) is 0. The molecule has 1 rings (SSSR count). The third kappa shape index (κ3) is 5.38. The van der Waals surface area contributed by atoms with E-state index in [2.05, 4.69) is 9.53 Å². The summed E-state index contributed by atoms with van der Waals surface area (Å²) in [4.78, 5) is 37.0. The number of ether oxygens (including phenoxy) is 1. The Labute approximate surface area is 121 Å². The van der Waals surface area contributed by atoms with Crippen LogP contribution in [0.5, 0.6) is 0 Å². The van der Waals surface area contributed by atoms with E-state index in [-0.39, 0.29) is 13.0 Å². The van der Waals surface area contributed by atoms with Crippen LogP contribution >= 0.6 is 0 Å². The van der Waals surface area contributed by atoms with Gasteiger partial charge in [-0.15, -0.1) is 0 Å². The van der Waals surface area contributed by atoms with Crippen molar-refractivity contribution in [3.05, 3.63) is 41.4 Å². The maximum absolute atomic E-state index is 11.6. The molecule has 7 heteroatoms. The van der Waals surface area contributed by atoms with Crippen LogP contribution in [0.3, 0.4) is 0 Å². The number of hydrogen-bond donors (Lipinski definition) is 1. The van der Waals surface area contributed by atoms with Gasteiger partial charge in [0.25, 0.3) is 0 Å². The normalized spacial score (nSPS) is 9.38. The fourth-order valence-electron chi connectivity index (χ4n) is 1.53. The average Bonchev–Trinajstić information content (AvgIpc) is 2.47. The minimum atomic E-state index is -1.09. The number of carbonyl (C=O) groups excluding carboxylic acids is 3. The molecule has 1 aromatic carbocycles. The third-order valence-electron chi connectivity index (χ3n) is 2.52. The van der Waals surface area contributed by atoms with Gasteiger partial charge in [0.2, 0.25) is 5.91 Å². The average molecular weight is 289 g/mol. The fraction of sp³-hybridized carbons (Fsp3) is 0.286. The highest BCUT2D eigenvalue weighted by atomic mass is 16.5. The van der Waals surface area contributed by atoms with Gasteiger partial charge in [-0.3, -0.25) is 14.9 Å². The van der Waals surface area contributed by atoms with Crippen LogP contribution in [0.1, 0.15) is 18.9 Å². The van der Waals surface area contributed by atoms with Gasteiger partial charge in [-0.1, -0.05) is 30.3 Å². The number of rotatable bonds is 6. The number of hydrogen-bond acceptors (Lipinski definition) is 4. The van der Waals surface area contributed by atoms with E-state index >= 15 is 0 Å². The summed E-state index contributed by atoms with van der Waals surface area (Å²) in [6, 6.07) is 9.25. The number of aryl methyl sites for hydroxylation is 1. The zero-order valence-corrected chi connectivity index (χ0v) is 11.5. The van der Waals surface area contributed by atoms with E-state index in [9.17, 15) is 14.4 Å². The summed E-state index contributed by atoms with van der Waals surface area (Å²) in [5.41, 5.74) is 8.72. The highest BCUT2D eigenvalue weighted by Gasteiger charge is 2.32. The maximum Gasteiger partial charge on any atom is 0.463 e. The molecule has 0 saturated heterocycles. The molecule has 0 unspecified atom stereocenters. The van der Waals surface area contributed by atoms with Crippen molar-refractivity contribution in [2.75, 3.05) is 6.61 Å². The second-order valence-corrected chi connectivity index (χ2v) is 4.03. The van der Waals surface area contributed by atoms with Gasteiger partial charge in [0, 0.05) is 6.42 Å². The van der Waals surface area contributed by atoms with Gasteiger partial charge in [-0.05, 0) is 18.9 Å². The Bertz CT molecular complexity index is 577. The van der Waals surface area contributed by atoms with E-state index < -0.39 is 23.5 Å². The SMILES string of the molecule is CCOC(=O)C(=[N+]=[N-])C(=O)NC(=O)CCc1ccccc1.